The molecule has 136 valence electrons. The minimum Gasteiger partial charge on any atom is -0.496 e. The van der Waals surface area contributed by atoms with Crippen molar-refractivity contribution in [2.45, 2.75) is 6.92 Å². The largest absolute Gasteiger partial charge is 0.496 e. The molecule has 0 radical (unpaired) electrons. The number of rotatable bonds is 6. The van der Waals surface area contributed by atoms with Gasteiger partial charge in [0.1, 0.15) is 17.2 Å². The zero-order valence-electron chi connectivity index (χ0n) is 15.2. The Morgan fingerprint density at radius 2 is 1.93 bits per heavy atom. The second-order valence-corrected chi connectivity index (χ2v) is 5.84. The van der Waals surface area contributed by atoms with Gasteiger partial charge in [0.2, 0.25) is 5.91 Å². The first-order valence-electron chi connectivity index (χ1n) is 8.46. The van der Waals surface area contributed by atoms with Gasteiger partial charge in [-0.05, 0) is 55.0 Å². The van der Waals surface area contributed by atoms with Crippen LogP contribution in [0.3, 0.4) is 0 Å². The van der Waals surface area contributed by atoms with Gasteiger partial charge in [0.05, 0.1) is 13.3 Å². The highest BCUT2D eigenvalue weighted by Gasteiger charge is 2.05. The molecule has 1 aromatic heterocycles. The van der Waals surface area contributed by atoms with Crippen LogP contribution in [0.5, 0.6) is 17.2 Å². The molecule has 3 aromatic rings. The standard InChI is InChI=1S/C22H20N2O3/c1-16-14-18(10-11-20(16)27-19-7-5-13-23-15-19)24-22(25)12-9-17-6-3-4-8-21(17)26-2/h3-15H,1-2H3,(H,24,25). The summed E-state index contributed by atoms with van der Waals surface area (Å²) in [4.78, 5) is 16.2. The fourth-order valence-electron chi connectivity index (χ4n) is 2.53. The summed E-state index contributed by atoms with van der Waals surface area (Å²) < 4.78 is 11.1. The highest BCUT2D eigenvalue weighted by Crippen LogP contribution is 2.27. The van der Waals surface area contributed by atoms with Crippen LogP contribution in [0.4, 0.5) is 5.69 Å². The summed E-state index contributed by atoms with van der Waals surface area (Å²) in [6.45, 7) is 1.92. The van der Waals surface area contributed by atoms with E-state index in [0.717, 1.165) is 11.1 Å². The van der Waals surface area contributed by atoms with Gasteiger partial charge in [0, 0.05) is 23.5 Å². The number of aryl methyl sites for hydroxylation is 1. The number of carbonyl (C=O) groups excluding carboxylic acids is 1. The Balaban J connectivity index is 1.66. The molecule has 0 spiro atoms. The smallest absolute Gasteiger partial charge is 0.248 e. The second-order valence-electron chi connectivity index (χ2n) is 5.84. The van der Waals surface area contributed by atoms with Gasteiger partial charge in [0.25, 0.3) is 0 Å². The van der Waals surface area contributed by atoms with Crippen molar-refractivity contribution < 1.29 is 14.3 Å². The molecule has 0 saturated heterocycles. The van der Waals surface area contributed by atoms with Gasteiger partial charge in [-0.15, -0.1) is 0 Å². The highest BCUT2D eigenvalue weighted by atomic mass is 16.5. The summed E-state index contributed by atoms with van der Waals surface area (Å²) >= 11 is 0. The SMILES string of the molecule is COc1ccccc1C=CC(=O)Nc1ccc(Oc2cccnc2)c(C)c1. The Kier molecular flexibility index (Phi) is 5.84. The van der Waals surface area contributed by atoms with E-state index in [2.05, 4.69) is 10.3 Å². The number of methoxy groups -OCH3 is 1. The first kappa shape index (κ1) is 18.2. The fourth-order valence-corrected chi connectivity index (χ4v) is 2.53. The van der Waals surface area contributed by atoms with E-state index in [1.807, 2.05) is 55.5 Å². The maximum atomic E-state index is 12.2. The molecule has 27 heavy (non-hydrogen) atoms. The maximum absolute atomic E-state index is 12.2. The number of aromatic nitrogens is 1. The topological polar surface area (TPSA) is 60.5 Å². The van der Waals surface area contributed by atoms with E-state index >= 15 is 0 Å². The van der Waals surface area contributed by atoms with Crippen molar-refractivity contribution in [2.75, 3.05) is 12.4 Å². The third-order valence-corrected chi connectivity index (χ3v) is 3.86. The summed E-state index contributed by atoms with van der Waals surface area (Å²) in [5.41, 5.74) is 2.44. The van der Waals surface area contributed by atoms with Crippen LogP contribution in [-0.4, -0.2) is 18.0 Å². The molecule has 0 atom stereocenters. The van der Waals surface area contributed by atoms with Crippen LogP contribution in [0.25, 0.3) is 6.08 Å². The Morgan fingerprint density at radius 3 is 2.67 bits per heavy atom. The molecule has 1 N–H and O–H groups in total. The molecule has 1 heterocycles. The van der Waals surface area contributed by atoms with E-state index in [-0.39, 0.29) is 5.91 Å². The number of anilines is 1. The molecule has 0 aliphatic heterocycles. The molecule has 1 amide bonds. The van der Waals surface area contributed by atoms with Crippen LogP contribution in [0.15, 0.2) is 73.1 Å². The monoisotopic (exact) mass is 360 g/mol. The Hall–Kier alpha value is -3.60. The van der Waals surface area contributed by atoms with Crippen molar-refractivity contribution in [2.24, 2.45) is 0 Å². The summed E-state index contributed by atoms with van der Waals surface area (Å²) in [7, 11) is 1.60. The van der Waals surface area contributed by atoms with Gasteiger partial charge in [-0.2, -0.15) is 0 Å². The van der Waals surface area contributed by atoms with Gasteiger partial charge in [0.15, 0.2) is 0 Å². The van der Waals surface area contributed by atoms with Crippen LogP contribution in [-0.2, 0) is 4.79 Å². The molecule has 2 aromatic carbocycles. The number of para-hydroxylation sites is 1. The van der Waals surface area contributed by atoms with E-state index in [1.165, 1.54) is 6.08 Å². The molecule has 0 aliphatic rings. The first-order valence-corrected chi connectivity index (χ1v) is 8.46. The van der Waals surface area contributed by atoms with E-state index in [9.17, 15) is 4.79 Å². The predicted molar refractivity (Wildman–Crippen MR) is 106 cm³/mol. The van der Waals surface area contributed by atoms with Crippen LogP contribution in [0, 0.1) is 6.92 Å². The third-order valence-electron chi connectivity index (χ3n) is 3.86. The van der Waals surface area contributed by atoms with Gasteiger partial charge < -0.3 is 14.8 Å². The summed E-state index contributed by atoms with van der Waals surface area (Å²) in [6.07, 6.45) is 6.54. The summed E-state index contributed by atoms with van der Waals surface area (Å²) in [5.74, 6) is 1.87. The van der Waals surface area contributed by atoms with E-state index < -0.39 is 0 Å². The molecule has 0 saturated carbocycles. The quantitative estimate of drug-likeness (QED) is 0.639. The van der Waals surface area contributed by atoms with Crippen molar-refractivity contribution >= 4 is 17.7 Å². The van der Waals surface area contributed by atoms with E-state index in [4.69, 9.17) is 9.47 Å². The molecule has 0 unspecified atom stereocenters. The van der Waals surface area contributed by atoms with Gasteiger partial charge >= 0.3 is 0 Å². The number of nitrogens with one attached hydrogen (secondary N) is 1. The van der Waals surface area contributed by atoms with Crippen molar-refractivity contribution in [3.63, 3.8) is 0 Å². The minimum absolute atomic E-state index is 0.221. The van der Waals surface area contributed by atoms with Gasteiger partial charge in [-0.3, -0.25) is 9.78 Å². The lowest BCUT2D eigenvalue weighted by Crippen LogP contribution is -2.08. The Labute approximate surface area is 158 Å². The number of pyridine rings is 1. The van der Waals surface area contributed by atoms with E-state index in [0.29, 0.717) is 22.9 Å². The number of hydrogen-bond acceptors (Lipinski definition) is 4. The molecule has 5 heteroatoms. The lowest BCUT2D eigenvalue weighted by atomic mass is 10.2. The number of benzene rings is 2. The number of hydrogen-bond donors (Lipinski definition) is 1. The predicted octanol–water partition coefficient (Wildman–Crippen LogP) is 4.84. The molecule has 5 nitrogen and oxygen atoms in total. The van der Waals surface area contributed by atoms with Gasteiger partial charge in [-0.1, -0.05) is 18.2 Å². The minimum atomic E-state index is -0.221. The highest BCUT2D eigenvalue weighted by molar-refractivity contribution is 6.02. The van der Waals surface area contributed by atoms with Crippen molar-refractivity contribution in [1.82, 2.24) is 4.98 Å². The number of amides is 1. The first-order chi connectivity index (χ1) is 13.2. The van der Waals surface area contributed by atoms with Crippen LogP contribution >= 0.6 is 0 Å². The molecular formula is C22H20N2O3. The van der Waals surface area contributed by atoms with Crippen molar-refractivity contribution in [3.05, 3.63) is 84.2 Å². The molecule has 0 fully saturated rings. The molecular weight excluding hydrogens is 340 g/mol. The van der Waals surface area contributed by atoms with Crippen molar-refractivity contribution in [3.8, 4) is 17.2 Å². The van der Waals surface area contributed by atoms with E-state index in [1.54, 1.807) is 31.6 Å². The summed E-state index contributed by atoms with van der Waals surface area (Å²) in [5, 5.41) is 2.85. The van der Waals surface area contributed by atoms with Crippen LogP contribution < -0.4 is 14.8 Å². The Morgan fingerprint density at radius 1 is 1.07 bits per heavy atom. The maximum Gasteiger partial charge on any atom is 0.248 e. The fraction of sp³-hybridized carbons (Fsp3) is 0.0909. The number of ether oxygens (including phenoxy) is 2. The van der Waals surface area contributed by atoms with Gasteiger partial charge in [-0.25, -0.2) is 0 Å². The molecule has 3 rings (SSSR count). The number of nitrogens with zero attached hydrogens (tertiary/aromatic N) is 1. The third kappa shape index (κ3) is 4.95. The number of carbonyl (C=O) groups is 1. The Bertz CT molecular complexity index is 953. The van der Waals surface area contributed by atoms with Crippen LogP contribution in [0.1, 0.15) is 11.1 Å². The lowest BCUT2D eigenvalue weighted by molar-refractivity contribution is -0.111. The zero-order valence-corrected chi connectivity index (χ0v) is 15.2. The molecule has 0 aliphatic carbocycles. The summed E-state index contributed by atoms with van der Waals surface area (Å²) in [6, 6.07) is 16.6. The van der Waals surface area contributed by atoms with Crippen molar-refractivity contribution in [1.29, 1.82) is 0 Å². The second kappa shape index (κ2) is 8.67. The normalized spacial score (nSPS) is 10.6. The zero-order chi connectivity index (χ0) is 19.1. The average Bonchev–Trinajstić information content (AvgIpc) is 2.69. The average molecular weight is 360 g/mol. The lowest BCUT2D eigenvalue weighted by Gasteiger charge is -2.10. The molecule has 0 bridgehead atoms. The van der Waals surface area contributed by atoms with Crippen LogP contribution in [0.2, 0.25) is 0 Å².